The van der Waals surface area contributed by atoms with Crippen molar-refractivity contribution in [2.75, 3.05) is 13.6 Å². The van der Waals surface area contributed by atoms with E-state index in [-0.39, 0.29) is 0 Å². The summed E-state index contributed by atoms with van der Waals surface area (Å²) >= 11 is 0. The molecule has 86 valence electrons. The van der Waals surface area contributed by atoms with Gasteiger partial charge in [0.25, 0.3) is 0 Å². The summed E-state index contributed by atoms with van der Waals surface area (Å²) in [6.45, 7) is 5.53. The number of nitrogens with zero attached hydrogens (tertiary/aromatic N) is 3. The van der Waals surface area contributed by atoms with Crippen molar-refractivity contribution in [2.45, 2.75) is 33.1 Å². The highest BCUT2D eigenvalue weighted by Gasteiger charge is 2.26. The molecule has 1 heterocycles. The van der Waals surface area contributed by atoms with Gasteiger partial charge < -0.3 is 5.32 Å². The van der Waals surface area contributed by atoms with Crippen LogP contribution in [0.15, 0.2) is 6.20 Å². The zero-order valence-corrected chi connectivity index (χ0v) is 10.2. The topological polar surface area (TPSA) is 42.7 Å². The van der Waals surface area contributed by atoms with E-state index in [9.17, 15) is 0 Å². The largest absolute Gasteiger partial charge is 0.319 e. The summed E-state index contributed by atoms with van der Waals surface area (Å²) in [5, 5.41) is 11.4. The van der Waals surface area contributed by atoms with Crippen molar-refractivity contribution in [3.8, 4) is 0 Å². The Hall–Kier alpha value is -0.900. The SMILES string of the molecule is CCC(CC)(CNC)Cc1cn(C)nn1. The normalized spacial score (nSPS) is 12.0. The molecule has 4 nitrogen and oxygen atoms in total. The van der Waals surface area contributed by atoms with E-state index in [4.69, 9.17) is 0 Å². The third-order valence-electron chi connectivity index (χ3n) is 3.26. The lowest BCUT2D eigenvalue weighted by Crippen LogP contribution is -2.33. The predicted molar refractivity (Wildman–Crippen MR) is 61.6 cm³/mol. The average Bonchev–Trinajstić information content (AvgIpc) is 2.63. The number of aromatic nitrogens is 3. The Kier molecular flexibility index (Phi) is 4.27. The van der Waals surface area contributed by atoms with Crippen LogP contribution < -0.4 is 5.32 Å². The average molecular weight is 210 g/mol. The van der Waals surface area contributed by atoms with Gasteiger partial charge in [-0.25, -0.2) is 0 Å². The maximum atomic E-state index is 4.16. The summed E-state index contributed by atoms with van der Waals surface area (Å²) in [4.78, 5) is 0. The number of nitrogens with one attached hydrogen (secondary N) is 1. The minimum absolute atomic E-state index is 0.324. The van der Waals surface area contributed by atoms with Crippen LogP contribution in [0.3, 0.4) is 0 Å². The highest BCUT2D eigenvalue weighted by molar-refractivity contribution is 4.99. The first-order chi connectivity index (χ1) is 7.15. The molecule has 0 saturated carbocycles. The minimum atomic E-state index is 0.324. The van der Waals surface area contributed by atoms with Gasteiger partial charge >= 0.3 is 0 Å². The Balaban J connectivity index is 2.73. The molecule has 0 spiro atoms. The fourth-order valence-corrected chi connectivity index (χ4v) is 2.05. The van der Waals surface area contributed by atoms with E-state index in [0.717, 1.165) is 18.7 Å². The van der Waals surface area contributed by atoms with E-state index in [2.05, 4.69) is 29.5 Å². The molecule has 1 rings (SSSR count). The Labute approximate surface area is 92.1 Å². The summed E-state index contributed by atoms with van der Waals surface area (Å²) < 4.78 is 1.77. The van der Waals surface area contributed by atoms with Crippen LogP contribution in [-0.2, 0) is 13.5 Å². The maximum Gasteiger partial charge on any atom is 0.0833 e. The molecule has 0 amide bonds. The second kappa shape index (κ2) is 5.26. The van der Waals surface area contributed by atoms with Gasteiger partial charge in [-0.05, 0) is 31.7 Å². The second-order valence-corrected chi connectivity index (χ2v) is 4.30. The number of aryl methyl sites for hydroxylation is 1. The molecule has 0 bridgehead atoms. The molecular weight excluding hydrogens is 188 g/mol. The molecule has 0 radical (unpaired) electrons. The van der Waals surface area contributed by atoms with Crippen LogP contribution in [0.2, 0.25) is 0 Å². The van der Waals surface area contributed by atoms with Crippen LogP contribution in [0, 0.1) is 5.41 Å². The van der Waals surface area contributed by atoms with E-state index < -0.39 is 0 Å². The van der Waals surface area contributed by atoms with E-state index in [1.165, 1.54) is 12.8 Å². The number of rotatable bonds is 6. The summed E-state index contributed by atoms with van der Waals surface area (Å²) in [7, 11) is 3.92. The lowest BCUT2D eigenvalue weighted by atomic mass is 9.78. The molecule has 1 aromatic heterocycles. The number of hydrogen-bond acceptors (Lipinski definition) is 3. The highest BCUT2D eigenvalue weighted by atomic mass is 15.4. The van der Waals surface area contributed by atoms with Crippen LogP contribution >= 0.6 is 0 Å². The van der Waals surface area contributed by atoms with Crippen molar-refractivity contribution < 1.29 is 0 Å². The molecule has 0 fully saturated rings. The van der Waals surface area contributed by atoms with Gasteiger partial charge in [-0.1, -0.05) is 19.1 Å². The van der Waals surface area contributed by atoms with Gasteiger partial charge in [0.2, 0.25) is 0 Å². The number of hydrogen-bond donors (Lipinski definition) is 1. The summed E-state index contributed by atoms with van der Waals surface area (Å²) in [5.74, 6) is 0. The quantitative estimate of drug-likeness (QED) is 0.771. The smallest absolute Gasteiger partial charge is 0.0833 e. The summed E-state index contributed by atoms with van der Waals surface area (Å²) in [5.41, 5.74) is 1.42. The summed E-state index contributed by atoms with van der Waals surface area (Å²) in [6, 6.07) is 0. The van der Waals surface area contributed by atoms with Crippen LogP contribution in [0.4, 0.5) is 0 Å². The first kappa shape index (κ1) is 12.2. The third-order valence-corrected chi connectivity index (χ3v) is 3.26. The van der Waals surface area contributed by atoms with E-state index >= 15 is 0 Å². The van der Waals surface area contributed by atoms with Crippen LogP contribution in [0.25, 0.3) is 0 Å². The molecule has 0 aromatic carbocycles. The van der Waals surface area contributed by atoms with Gasteiger partial charge in [-0.15, -0.1) is 5.10 Å². The molecule has 15 heavy (non-hydrogen) atoms. The molecular formula is C11H22N4. The predicted octanol–water partition coefficient (Wildman–Crippen LogP) is 1.38. The Morgan fingerprint density at radius 2 is 2.07 bits per heavy atom. The molecule has 0 saturated heterocycles. The highest BCUT2D eigenvalue weighted by Crippen LogP contribution is 2.29. The lowest BCUT2D eigenvalue weighted by Gasteiger charge is -2.30. The van der Waals surface area contributed by atoms with Crippen molar-refractivity contribution >= 4 is 0 Å². The van der Waals surface area contributed by atoms with Crippen molar-refractivity contribution in [3.63, 3.8) is 0 Å². The van der Waals surface area contributed by atoms with Gasteiger partial charge in [-0.3, -0.25) is 4.68 Å². The van der Waals surface area contributed by atoms with E-state index in [1.807, 2.05) is 20.3 Å². The van der Waals surface area contributed by atoms with Crippen LogP contribution in [0.1, 0.15) is 32.4 Å². The van der Waals surface area contributed by atoms with Gasteiger partial charge in [0, 0.05) is 19.8 Å². The minimum Gasteiger partial charge on any atom is -0.319 e. The zero-order chi connectivity index (χ0) is 11.3. The van der Waals surface area contributed by atoms with Crippen molar-refractivity contribution in [2.24, 2.45) is 12.5 Å². The van der Waals surface area contributed by atoms with Crippen molar-refractivity contribution in [3.05, 3.63) is 11.9 Å². The monoisotopic (exact) mass is 210 g/mol. The molecule has 0 aliphatic rings. The fraction of sp³-hybridized carbons (Fsp3) is 0.818. The van der Waals surface area contributed by atoms with Gasteiger partial charge in [0.05, 0.1) is 5.69 Å². The second-order valence-electron chi connectivity index (χ2n) is 4.30. The Bertz CT molecular complexity index is 289. The first-order valence-electron chi connectivity index (χ1n) is 5.65. The van der Waals surface area contributed by atoms with Crippen molar-refractivity contribution in [1.29, 1.82) is 0 Å². The van der Waals surface area contributed by atoms with Crippen molar-refractivity contribution in [1.82, 2.24) is 20.3 Å². The molecule has 1 N–H and O–H groups in total. The lowest BCUT2D eigenvalue weighted by molar-refractivity contribution is 0.250. The van der Waals surface area contributed by atoms with Gasteiger partial charge in [0.1, 0.15) is 0 Å². The van der Waals surface area contributed by atoms with Gasteiger partial charge in [-0.2, -0.15) is 0 Å². The molecule has 0 aliphatic heterocycles. The van der Waals surface area contributed by atoms with E-state index in [1.54, 1.807) is 4.68 Å². The molecule has 0 atom stereocenters. The van der Waals surface area contributed by atoms with Gasteiger partial charge in [0.15, 0.2) is 0 Å². The first-order valence-corrected chi connectivity index (χ1v) is 5.65. The molecule has 0 aliphatic carbocycles. The maximum absolute atomic E-state index is 4.16. The zero-order valence-electron chi connectivity index (χ0n) is 10.2. The molecule has 0 unspecified atom stereocenters. The summed E-state index contributed by atoms with van der Waals surface area (Å²) in [6.07, 6.45) is 5.35. The van der Waals surface area contributed by atoms with Crippen LogP contribution in [0.5, 0.6) is 0 Å². The third kappa shape index (κ3) is 3.02. The Morgan fingerprint density at radius 3 is 2.47 bits per heavy atom. The Morgan fingerprint density at radius 1 is 1.40 bits per heavy atom. The van der Waals surface area contributed by atoms with Crippen LogP contribution in [-0.4, -0.2) is 28.6 Å². The molecule has 4 heteroatoms. The standard InChI is InChI=1S/C11H22N4/c1-5-11(6-2,9-12-3)7-10-8-15(4)14-13-10/h8,12H,5-7,9H2,1-4H3. The fourth-order valence-electron chi connectivity index (χ4n) is 2.05. The molecule has 1 aromatic rings. The van der Waals surface area contributed by atoms with E-state index in [0.29, 0.717) is 5.41 Å².